The zero-order valence-corrected chi connectivity index (χ0v) is 12.6. The molecule has 0 fully saturated rings. The monoisotopic (exact) mass is 298 g/mol. The second-order valence-corrected chi connectivity index (χ2v) is 5.81. The molecule has 3 aromatic heterocycles. The van der Waals surface area contributed by atoms with E-state index in [4.69, 9.17) is 4.98 Å². The summed E-state index contributed by atoms with van der Waals surface area (Å²) in [6, 6.07) is 18.8. The summed E-state index contributed by atoms with van der Waals surface area (Å²) in [7, 11) is 0. The van der Waals surface area contributed by atoms with E-state index in [0.717, 1.165) is 28.1 Å². The zero-order valence-electron chi connectivity index (χ0n) is 12.6. The zero-order chi connectivity index (χ0) is 15.4. The number of aromatic nitrogens is 4. The van der Waals surface area contributed by atoms with Crippen LogP contribution in [-0.4, -0.2) is 19.7 Å². The van der Waals surface area contributed by atoms with Crippen molar-refractivity contribution < 1.29 is 0 Å². The molecule has 5 rings (SSSR count). The molecule has 0 unspecified atom stereocenters. The van der Waals surface area contributed by atoms with E-state index in [2.05, 4.69) is 57.2 Å². The third-order valence-corrected chi connectivity index (χ3v) is 4.33. The molecule has 4 heteroatoms. The van der Waals surface area contributed by atoms with Crippen molar-refractivity contribution in [1.29, 1.82) is 0 Å². The average Bonchev–Trinajstić information content (AvgIpc) is 3.15. The summed E-state index contributed by atoms with van der Waals surface area (Å²) < 4.78 is 2.13. The molecule has 0 aliphatic rings. The average molecular weight is 298 g/mol. The van der Waals surface area contributed by atoms with Gasteiger partial charge in [-0.05, 0) is 18.4 Å². The number of hydrogen-bond acceptors (Lipinski definition) is 2. The van der Waals surface area contributed by atoms with E-state index in [1.807, 2.05) is 25.3 Å². The van der Waals surface area contributed by atoms with E-state index in [1.165, 1.54) is 16.2 Å². The molecule has 2 aromatic carbocycles. The minimum absolute atomic E-state index is 0.872. The minimum Gasteiger partial charge on any atom is -0.281 e. The van der Waals surface area contributed by atoms with Crippen molar-refractivity contribution in [2.75, 3.05) is 0 Å². The van der Waals surface area contributed by atoms with Gasteiger partial charge in [-0.2, -0.15) is 5.10 Å². The van der Waals surface area contributed by atoms with Crippen molar-refractivity contribution in [3.8, 4) is 5.82 Å². The molecule has 0 saturated carbocycles. The lowest BCUT2D eigenvalue weighted by Gasteiger charge is -2.03. The van der Waals surface area contributed by atoms with E-state index < -0.39 is 0 Å². The van der Waals surface area contributed by atoms with E-state index in [1.54, 1.807) is 0 Å². The molecule has 0 aliphatic heterocycles. The van der Waals surface area contributed by atoms with E-state index in [9.17, 15) is 0 Å². The number of aryl methyl sites for hydroxylation is 1. The molecular formula is C19H14N4. The highest BCUT2D eigenvalue weighted by molar-refractivity contribution is 6.19. The van der Waals surface area contributed by atoms with Crippen LogP contribution in [0.1, 0.15) is 5.69 Å². The smallest absolute Gasteiger partial charge is 0.160 e. The molecule has 3 heterocycles. The van der Waals surface area contributed by atoms with Gasteiger partial charge in [-0.3, -0.25) is 9.67 Å². The Morgan fingerprint density at radius 1 is 0.957 bits per heavy atom. The van der Waals surface area contributed by atoms with Gasteiger partial charge in [0.25, 0.3) is 0 Å². The van der Waals surface area contributed by atoms with Crippen LogP contribution in [0.25, 0.3) is 38.5 Å². The summed E-state index contributed by atoms with van der Waals surface area (Å²) >= 11 is 0. The van der Waals surface area contributed by atoms with Crippen molar-refractivity contribution >= 4 is 32.7 Å². The number of fused-ring (bicyclic) bond motifs is 5. The first kappa shape index (κ1) is 12.4. The molecule has 0 atom stereocenters. The Kier molecular flexibility index (Phi) is 2.39. The first-order chi connectivity index (χ1) is 11.3. The lowest BCUT2D eigenvalue weighted by molar-refractivity contribution is 0.983. The third kappa shape index (κ3) is 1.66. The molecule has 4 nitrogen and oxygen atoms in total. The molecule has 23 heavy (non-hydrogen) atoms. The van der Waals surface area contributed by atoms with Crippen LogP contribution >= 0.6 is 0 Å². The maximum absolute atomic E-state index is 4.74. The predicted octanol–water partition coefficient (Wildman–Crippen LogP) is 4.36. The van der Waals surface area contributed by atoms with Gasteiger partial charge in [-0.25, -0.2) is 4.98 Å². The number of nitrogens with one attached hydrogen (secondary N) is 1. The maximum atomic E-state index is 4.74. The topological polar surface area (TPSA) is 46.5 Å². The van der Waals surface area contributed by atoms with Gasteiger partial charge in [-0.1, -0.05) is 42.5 Å². The molecule has 5 aromatic rings. The molecule has 0 radical (unpaired) electrons. The number of nitrogens with zero attached hydrogens (tertiary/aromatic N) is 3. The lowest BCUT2D eigenvalue weighted by Crippen LogP contribution is -1.95. The number of H-pyrrole nitrogens is 1. The lowest BCUT2D eigenvalue weighted by atomic mass is 10.1. The Morgan fingerprint density at radius 2 is 1.74 bits per heavy atom. The first-order valence-corrected chi connectivity index (χ1v) is 7.62. The second-order valence-electron chi connectivity index (χ2n) is 5.81. The van der Waals surface area contributed by atoms with Gasteiger partial charge in [0, 0.05) is 34.1 Å². The largest absolute Gasteiger partial charge is 0.281 e. The van der Waals surface area contributed by atoms with Crippen LogP contribution in [-0.2, 0) is 0 Å². The highest BCUT2D eigenvalue weighted by Gasteiger charge is 2.16. The van der Waals surface area contributed by atoms with Gasteiger partial charge < -0.3 is 0 Å². The Bertz CT molecular complexity index is 1180. The van der Waals surface area contributed by atoms with Gasteiger partial charge in [-0.15, -0.1) is 0 Å². The summed E-state index contributed by atoms with van der Waals surface area (Å²) in [5.74, 6) is 0.872. The van der Waals surface area contributed by atoms with Crippen LogP contribution in [0.15, 0.2) is 60.8 Å². The molecule has 0 aliphatic carbocycles. The van der Waals surface area contributed by atoms with Crippen LogP contribution in [0.5, 0.6) is 0 Å². The molecule has 0 bridgehead atoms. The fourth-order valence-corrected chi connectivity index (χ4v) is 3.33. The molecule has 110 valence electrons. The number of rotatable bonds is 1. The van der Waals surface area contributed by atoms with Crippen LogP contribution in [0.3, 0.4) is 0 Å². The summed E-state index contributed by atoms with van der Waals surface area (Å²) in [6.45, 7) is 2.01. The number of pyridine rings is 1. The van der Waals surface area contributed by atoms with Gasteiger partial charge in [0.15, 0.2) is 5.82 Å². The summed E-state index contributed by atoms with van der Waals surface area (Å²) in [5, 5.41) is 12.2. The standard InChI is InChI=1S/C19H14N4/c1-12-10-17(22-21-12)23-16-9-5-4-8-15(16)18-14-7-3-2-6-13(14)11-20-19(18)23/h2-11H,1H3,(H,21,22). The highest BCUT2D eigenvalue weighted by Crippen LogP contribution is 2.34. The van der Waals surface area contributed by atoms with Crippen molar-refractivity contribution in [2.24, 2.45) is 0 Å². The molecule has 0 spiro atoms. The fraction of sp³-hybridized carbons (Fsp3) is 0.0526. The van der Waals surface area contributed by atoms with Gasteiger partial charge in [0.2, 0.25) is 0 Å². The van der Waals surface area contributed by atoms with Crippen LogP contribution in [0.2, 0.25) is 0 Å². The third-order valence-electron chi connectivity index (χ3n) is 4.33. The van der Waals surface area contributed by atoms with Gasteiger partial charge >= 0.3 is 0 Å². The quantitative estimate of drug-likeness (QED) is 0.499. The molecule has 0 saturated heterocycles. The minimum atomic E-state index is 0.872. The van der Waals surface area contributed by atoms with E-state index in [-0.39, 0.29) is 0 Å². The van der Waals surface area contributed by atoms with Gasteiger partial charge in [0.05, 0.1) is 5.52 Å². The summed E-state index contributed by atoms with van der Waals surface area (Å²) in [4.78, 5) is 4.74. The van der Waals surface area contributed by atoms with Crippen molar-refractivity contribution in [3.05, 3.63) is 66.5 Å². The Labute approximate surface area is 132 Å². The number of benzene rings is 2. The fourth-order valence-electron chi connectivity index (χ4n) is 3.33. The van der Waals surface area contributed by atoms with Crippen LogP contribution < -0.4 is 0 Å². The normalized spacial score (nSPS) is 11.7. The Morgan fingerprint density at radius 3 is 2.57 bits per heavy atom. The second kappa shape index (κ2) is 4.43. The highest BCUT2D eigenvalue weighted by atomic mass is 15.2. The van der Waals surface area contributed by atoms with Crippen molar-refractivity contribution in [2.45, 2.75) is 6.92 Å². The summed E-state index contributed by atoms with van der Waals surface area (Å²) in [5.41, 5.74) is 3.10. The maximum Gasteiger partial charge on any atom is 0.160 e. The number of para-hydroxylation sites is 1. The predicted molar refractivity (Wildman–Crippen MR) is 93.0 cm³/mol. The molecular weight excluding hydrogens is 284 g/mol. The number of aromatic amines is 1. The van der Waals surface area contributed by atoms with E-state index in [0.29, 0.717) is 0 Å². The van der Waals surface area contributed by atoms with Crippen LogP contribution in [0, 0.1) is 6.92 Å². The van der Waals surface area contributed by atoms with Crippen molar-refractivity contribution in [1.82, 2.24) is 19.7 Å². The number of hydrogen-bond donors (Lipinski definition) is 1. The summed E-state index contributed by atoms with van der Waals surface area (Å²) in [6.07, 6.45) is 1.94. The Balaban J connectivity index is 2.06. The molecule has 1 N–H and O–H groups in total. The van der Waals surface area contributed by atoms with Crippen molar-refractivity contribution in [3.63, 3.8) is 0 Å². The first-order valence-electron chi connectivity index (χ1n) is 7.62. The van der Waals surface area contributed by atoms with Gasteiger partial charge in [0.1, 0.15) is 5.65 Å². The molecule has 0 amide bonds. The SMILES string of the molecule is Cc1cc(-n2c3ccccc3c3c4ccccc4cnc32)n[nH]1. The van der Waals surface area contributed by atoms with Crippen LogP contribution in [0.4, 0.5) is 0 Å². The Hall–Kier alpha value is -3.14. The van der Waals surface area contributed by atoms with E-state index >= 15 is 0 Å².